The molecule has 1 N–H and O–H groups in total. The lowest BCUT2D eigenvalue weighted by Crippen LogP contribution is -2.28. The molecule has 1 atom stereocenters. The Balaban J connectivity index is 2.33. The van der Waals surface area contributed by atoms with E-state index >= 15 is 0 Å². The molecule has 2 aromatic carbocycles. The first-order valence-corrected chi connectivity index (χ1v) is 5.92. The highest BCUT2D eigenvalue weighted by atomic mass is 19.4. The van der Waals surface area contributed by atoms with Gasteiger partial charge < -0.3 is 5.32 Å². The van der Waals surface area contributed by atoms with Crippen LogP contribution in [0.15, 0.2) is 54.6 Å². The first-order chi connectivity index (χ1) is 8.98. The van der Waals surface area contributed by atoms with E-state index in [1.165, 1.54) is 12.1 Å². The second-order valence-electron chi connectivity index (χ2n) is 4.34. The zero-order chi connectivity index (χ0) is 13.9. The Bertz CT molecular complexity index is 535. The number of hydrogen-bond acceptors (Lipinski definition) is 1. The first kappa shape index (κ1) is 13.5. The summed E-state index contributed by atoms with van der Waals surface area (Å²) >= 11 is 0. The van der Waals surface area contributed by atoms with Crippen molar-refractivity contribution < 1.29 is 13.2 Å². The van der Waals surface area contributed by atoms with Gasteiger partial charge in [0.15, 0.2) is 0 Å². The van der Waals surface area contributed by atoms with Gasteiger partial charge in [0.25, 0.3) is 0 Å². The van der Waals surface area contributed by atoms with Crippen molar-refractivity contribution in [3.8, 4) is 0 Å². The van der Waals surface area contributed by atoms with E-state index in [0.29, 0.717) is 5.69 Å². The quantitative estimate of drug-likeness (QED) is 0.847. The van der Waals surface area contributed by atoms with E-state index in [9.17, 15) is 13.2 Å². The third-order valence-electron chi connectivity index (χ3n) is 2.91. The molecule has 2 rings (SSSR count). The normalized spacial score (nSPS) is 13.1. The van der Waals surface area contributed by atoms with E-state index in [2.05, 4.69) is 5.32 Å². The van der Waals surface area contributed by atoms with Crippen molar-refractivity contribution in [3.63, 3.8) is 0 Å². The molecule has 0 amide bonds. The summed E-state index contributed by atoms with van der Waals surface area (Å²) in [6.45, 7) is 1.78. The van der Waals surface area contributed by atoms with Gasteiger partial charge in [0, 0.05) is 5.69 Å². The fraction of sp³-hybridized carbons (Fsp3) is 0.200. The number of aryl methyl sites for hydroxylation is 1. The van der Waals surface area contributed by atoms with Crippen LogP contribution < -0.4 is 5.32 Å². The van der Waals surface area contributed by atoms with Crippen LogP contribution in [0.2, 0.25) is 0 Å². The highest BCUT2D eigenvalue weighted by molar-refractivity contribution is 5.52. The highest BCUT2D eigenvalue weighted by Gasteiger charge is 2.40. The minimum atomic E-state index is -4.34. The van der Waals surface area contributed by atoms with E-state index in [4.69, 9.17) is 0 Å². The van der Waals surface area contributed by atoms with Crippen LogP contribution in [0.4, 0.5) is 18.9 Å². The SMILES string of the molecule is Cc1ccccc1NC(c1ccccc1)C(F)(F)F. The molecule has 1 nitrogen and oxygen atoms in total. The number of nitrogens with one attached hydrogen (secondary N) is 1. The number of anilines is 1. The summed E-state index contributed by atoms with van der Waals surface area (Å²) in [4.78, 5) is 0. The highest BCUT2D eigenvalue weighted by Crippen LogP contribution is 2.36. The summed E-state index contributed by atoms with van der Waals surface area (Å²) < 4.78 is 39.5. The summed E-state index contributed by atoms with van der Waals surface area (Å²) in [5.41, 5.74) is 1.49. The van der Waals surface area contributed by atoms with Gasteiger partial charge >= 0.3 is 6.18 Å². The van der Waals surface area contributed by atoms with Crippen LogP contribution in [0, 0.1) is 6.92 Å². The third kappa shape index (κ3) is 3.28. The van der Waals surface area contributed by atoms with E-state index < -0.39 is 12.2 Å². The third-order valence-corrected chi connectivity index (χ3v) is 2.91. The van der Waals surface area contributed by atoms with Crippen molar-refractivity contribution in [3.05, 3.63) is 65.7 Å². The molecule has 1 unspecified atom stereocenters. The summed E-state index contributed by atoms with van der Waals surface area (Å²) in [5, 5.41) is 2.58. The van der Waals surface area contributed by atoms with Crippen molar-refractivity contribution in [2.75, 3.05) is 5.32 Å². The van der Waals surface area contributed by atoms with E-state index in [0.717, 1.165) is 5.56 Å². The maximum atomic E-state index is 13.2. The van der Waals surface area contributed by atoms with Crippen LogP contribution in [0.5, 0.6) is 0 Å². The van der Waals surface area contributed by atoms with Gasteiger partial charge in [-0.25, -0.2) is 0 Å². The minimum Gasteiger partial charge on any atom is -0.370 e. The largest absolute Gasteiger partial charge is 0.412 e. The number of halogens is 3. The van der Waals surface area contributed by atoms with Gasteiger partial charge in [-0.2, -0.15) is 13.2 Å². The molecule has 19 heavy (non-hydrogen) atoms. The average Bonchev–Trinajstić information content (AvgIpc) is 2.37. The van der Waals surface area contributed by atoms with Crippen LogP contribution in [-0.2, 0) is 0 Å². The molecule has 100 valence electrons. The van der Waals surface area contributed by atoms with Crippen molar-refractivity contribution in [1.29, 1.82) is 0 Å². The van der Waals surface area contributed by atoms with Gasteiger partial charge in [-0.05, 0) is 24.1 Å². The molecule has 0 saturated carbocycles. The van der Waals surface area contributed by atoms with Gasteiger partial charge in [-0.15, -0.1) is 0 Å². The number of para-hydroxylation sites is 1. The lowest BCUT2D eigenvalue weighted by Gasteiger charge is -2.24. The molecule has 0 heterocycles. The Morgan fingerprint density at radius 1 is 0.895 bits per heavy atom. The van der Waals surface area contributed by atoms with Crippen molar-refractivity contribution >= 4 is 5.69 Å². The minimum absolute atomic E-state index is 0.207. The second kappa shape index (κ2) is 5.34. The zero-order valence-corrected chi connectivity index (χ0v) is 10.4. The molecule has 0 aliphatic carbocycles. The predicted octanol–water partition coefficient (Wildman–Crippen LogP) is 4.71. The Kier molecular flexibility index (Phi) is 3.79. The van der Waals surface area contributed by atoms with E-state index in [1.807, 2.05) is 0 Å². The summed E-state index contributed by atoms with van der Waals surface area (Å²) in [5.74, 6) is 0. The molecule has 0 spiro atoms. The van der Waals surface area contributed by atoms with Gasteiger partial charge in [0.05, 0.1) is 0 Å². The summed E-state index contributed by atoms with van der Waals surface area (Å²) in [6.07, 6.45) is -4.34. The summed E-state index contributed by atoms with van der Waals surface area (Å²) in [6, 6.07) is 13.1. The van der Waals surface area contributed by atoms with Gasteiger partial charge in [-0.1, -0.05) is 48.5 Å². The molecule has 0 aliphatic heterocycles. The number of rotatable bonds is 3. The Labute approximate surface area is 110 Å². The van der Waals surface area contributed by atoms with Crippen LogP contribution in [0.1, 0.15) is 17.2 Å². The van der Waals surface area contributed by atoms with Gasteiger partial charge in [-0.3, -0.25) is 0 Å². The lowest BCUT2D eigenvalue weighted by molar-refractivity contribution is -0.144. The second-order valence-corrected chi connectivity index (χ2v) is 4.34. The molecule has 2 aromatic rings. The smallest absolute Gasteiger partial charge is 0.370 e. The Morgan fingerprint density at radius 2 is 1.47 bits per heavy atom. The Morgan fingerprint density at radius 3 is 2.05 bits per heavy atom. The zero-order valence-electron chi connectivity index (χ0n) is 10.4. The molecule has 0 bridgehead atoms. The van der Waals surface area contributed by atoms with Crippen molar-refractivity contribution in [1.82, 2.24) is 0 Å². The maximum absolute atomic E-state index is 13.2. The number of hydrogen-bond donors (Lipinski definition) is 1. The van der Waals surface area contributed by atoms with Crippen molar-refractivity contribution in [2.45, 2.75) is 19.1 Å². The molecule has 0 saturated heterocycles. The van der Waals surface area contributed by atoms with E-state index in [-0.39, 0.29) is 5.56 Å². The standard InChI is InChI=1S/C15H14F3N/c1-11-7-5-6-10-13(11)19-14(15(16,17)18)12-8-3-2-4-9-12/h2-10,14,19H,1H3. The van der Waals surface area contributed by atoms with Crippen molar-refractivity contribution in [2.24, 2.45) is 0 Å². The summed E-state index contributed by atoms with van der Waals surface area (Å²) in [7, 11) is 0. The van der Waals surface area contributed by atoms with Crippen LogP contribution >= 0.6 is 0 Å². The fourth-order valence-electron chi connectivity index (χ4n) is 1.89. The molecular formula is C15H14F3N. The van der Waals surface area contributed by atoms with Crippen LogP contribution in [0.25, 0.3) is 0 Å². The van der Waals surface area contributed by atoms with Gasteiger partial charge in [0.1, 0.15) is 6.04 Å². The molecular weight excluding hydrogens is 251 g/mol. The van der Waals surface area contributed by atoms with Gasteiger partial charge in [0.2, 0.25) is 0 Å². The van der Waals surface area contributed by atoms with Crippen LogP contribution in [0.3, 0.4) is 0 Å². The fourth-order valence-corrected chi connectivity index (χ4v) is 1.89. The number of benzene rings is 2. The predicted molar refractivity (Wildman–Crippen MR) is 70.0 cm³/mol. The lowest BCUT2D eigenvalue weighted by atomic mass is 10.1. The molecule has 0 fully saturated rings. The van der Waals surface area contributed by atoms with E-state index in [1.54, 1.807) is 49.4 Å². The average molecular weight is 265 g/mol. The first-order valence-electron chi connectivity index (χ1n) is 5.92. The monoisotopic (exact) mass is 265 g/mol. The maximum Gasteiger partial charge on any atom is 0.412 e. The number of alkyl halides is 3. The molecule has 4 heteroatoms. The molecule has 0 radical (unpaired) electrons. The van der Waals surface area contributed by atoms with Crippen LogP contribution in [-0.4, -0.2) is 6.18 Å². The molecule has 0 aromatic heterocycles. The Hall–Kier alpha value is -1.97. The topological polar surface area (TPSA) is 12.0 Å². The molecule has 0 aliphatic rings.